The third-order valence-corrected chi connectivity index (χ3v) is 4.68. The van der Waals surface area contributed by atoms with Crippen LogP contribution in [0, 0.1) is 0 Å². The second kappa shape index (κ2) is 8.80. The van der Waals surface area contributed by atoms with Crippen molar-refractivity contribution in [2.45, 2.75) is 13.8 Å². The van der Waals surface area contributed by atoms with Gasteiger partial charge in [0.25, 0.3) is 11.8 Å². The number of benzene rings is 2. The summed E-state index contributed by atoms with van der Waals surface area (Å²) in [4.78, 5) is 27.3. The summed E-state index contributed by atoms with van der Waals surface area (Å²) in [5.41, 5.74) is 1.17. The van der Waals surface area contributed by atoms with Gasteiger partial charge in [-0.15, -0.1) is 0 Å². The van der Waals surface area contributed by atoms with Gasteiger partial charge in [-0.3, -0.25) is 9.59 Å². The molecular formula is C21H21ClN2O4. The Labute approximate surface area is 168 Å². The van der Waals surface area contributed by atoms with Crippen molar-refractivity contribution in [1.29, 1.82) is 0 Å². The molecule has 6 nitrogen and oxygen atoms in total. The lowest BCUT2D eigenvalue weighted by Crippen LogP contribution is -2.38. The molecule has 2 aromatic carbocycles. The molecule has 3 rings (SSSR count). The van der Waals surface area contributed by atoms with E-state index in [4.69, 9.17) is 21.1 Å². The molecule has 146 valence electrons. The zero-order valence-corrected chi connectivity index (χ0v) is 16.5. The lowest BCUT2D eigenvalue weighted by molar-refractivity contribution is -0.127. The predicted molar refractivity (Wildman–Crippen MR) is 107 cm³/mol. The number of rotatable bonds is 6. The molecule has 0 saturated heterocycles. The molecule has 1 aliphatic rings. The second-order valence-electron chi connectivity index (χ2n) is 6.08. The zero-order valence-electron chi connectivity index (χ0n) is 15.7. The lowest BCUT2D eigenvalue weighted by atomic mass is 10.1. The highest BCUT2D eigenvalue weighted by atomic mass is 35.5. The van der Waals surface area contributed by atoms with E-state index in [2.05, 4.69) is 5.32 Å². The Bertz CT molecular complexity index is 922. The number of nitrogens with one attached hydrogen (secondary N) is 1. The van der Waals surface area contributed by atoms with Crippen molar-refractivity contribution in [2.24, 2.45) is 0 Å². The van der Waals surface area contributed by atoms with E-state index in [1.807, 2.05) is 13.8 Å². The standard InChI is InChI=1S/C21H21ClN2O4/c1-3-24(4-2)21(26)17(23-20(25)15-7-5-6-8-16(15)22)11-14-9-10-18-19(12-14)28-13-27-18/h5-12H,3-4,13H2,1-2H3,(H,23,25)/b17-11+. The average Bonchev–Trinajstić information content (AvgIpc) is 3.16. The largest absolute Gasteiger partial charge is 0.454 e. The molecule has 0 fully saturated rings. The highest BCUT2D eigenvalue weighted by Crippen LogP contribution is 2.33. The molecule has 1 aliphatic heterocycles. The Kier molecular flexibility index (Phi) is 6.21. The van der Waals surface area contributed by atoms with Gasteiger partial charge < -0.3 is 19.7 Å². The fourth-order valence-corrected chi connectivity index (χ4v) is 3.06. The molecule has 1 N–H and O–H groups in total. The summed E-state index contributed by atoms with van der Waals surface area (Å²) >= 11 is 6.12. The van der Waals surface area contributed by atoms with Crippen molar-refractivity contribution in [1.82, 2.24) is 10.2 Å². The van der Waals surface area contributed by atoms with E-state index >= 15 is 0 Å². The normalized spacial score (nSPS) is 12.6. The van der Waals surface area contributed by atoms with Crippen molar-refractivity contribution in [3.63, 3.8) is 0 Å². The number of amides is 2. The summed E-state index contributed by atoms with van der Waals surface area (Å²) in [5.74, 6) is 0.524. The first-order chi connectivity index (χ1) is 13.5. The van der Waals surface area contributed by atoms with Gasteiger partial charge in [0.15, 0.2) is 11.5 Å². The first-order valence-corrected chi connectivity index (χ1v) is 9.37. The van der Waals surface area contributed by atoms with Crippen molar-refractivity contribution < 1.29 is 19.1 Å². The molecule has 0 aliphatic carbocycles. The van der Waals surface area contributed by atoms with Crippen LogP contribution in [0.1, 0.15) is 29.8 Å². The molecule has 0 unspecified atom stereocenters. The first-order valence-electron chi connectivity index (χ1n) is 9.00. The van der Waals surface area contributed by atoms with Crippen LogP contribution >= 0.6 is 11.6 Å². The number of likely N-dealkylation sites (N-methyl/N-ethyl adjacent to an activating group) is 1. The van der Waals surface area contributed by atoms with Crippen LogP contribution in [0.2, 0.25) is 5.02 Å². The Morgan fingerprint density at radius 2 is 1.82 bits per heavy atom. The Morgan fingerprint density at radius 3 is 2.54 bits per heavy atom. The number of ether oxygens (including phenoxy) is 2. The zero-order chi connectivity index (χ0) is 20.1. The number of hydrogen-bond donors (Lipinski definition) is 1. The van der Waals surface area contributed by atoms with Crippen LogP contribution in [0.5, 0.6) is 11.5 Å². The SMILES string of the molecule is CCN(CC)C(=O)/C(=C\c1ccc2c(c1)OCO2)NC(=O)c1ccccc1Cl. The second-order valence-corrected chi connectivity index (χ2v) is 6.49. The van der Waals surface area contributed by atoms with E-state index in [1.54, 1.807) is 53.4 Å². The van der Waals surface area contributed by atoms with Gasteiger partial charge >= 0.3 is 0 Å². The van der Waals surface area contributed by atoms with Crippen molar-refractivity contribution in [3.05, 3.63) is 64.3 Å². The quantitative estimate of drug-likeness (QED) is 0.750. The fraction of sp³-hybridized carbons (Fsp3) is 0.238. The summed E-state index contributed by atoms with van der Waals surface area (Å²) < 4.78 is 10.7. The molecule has 2 aromatic rings. The molecule has 0 spiro atoms. The van der Waals surface area contributed by atoms with E-state index in [0.29, 0.717) is 40.7 Å². The maximum absolute atomic E-state index is 12.9. The third-order valence-electron chi connectivity index (χ3n) is 4.36. The minimum Gasteiger partial charge on any atom is -0.454 e. The van der Waals surface area contributed by atoms with Gasteiger partial charge in [0.1, 0.15) is 5.70 Å². The van der Waals surface area contributed by atoms with E-state index < -0.39 is 5.91 Å². The van der Waals surface area contributed by atoms with E-state index in [0.717, 1.165) is 0 Å². The van der Waals surface area contributed by atoms with Crippen LogP contribution in [-0.4, -0.2) is 36.6 Å². The van der Waals surface area contributed by atoms with E-state index in [1.165, 1.54) is 0 Å². The molecular weight excluding hydrogens is 380 g/mol. The summed E-state index contributed by atoms with van der Waals surface area (Å²) in [5, 5.41) is 3.03. The van der Waals surface area contributed by atoms with Gasteiger partial charge in [-0.05, 0) is 49.8 Å². The fourth-order valence-electron chi connectivity index (χ4n) is 2.84. The van der Waals surface area contributed by atoms with Crippen LogP contribution in [0.15, 0.2) is 48.2 Å². The molecule has 0 radical (unpaired) electrons. The third kappa shape index (κ3) is 4.28. The summed E-state index contributed by atoms with van der Waals surface area (Å²) in [6.45, 7) is 4.98. The van der Waals surface area contributed by atoms with Gasteiger partial charge in [-0.1, -0.05) is 29.8 Å². The molecule has 28 heavy (non-hydrogen) atoms. The molecule has 7 heteroatoms. The van der Waals surface area contributed by atoms with Gasteiger partial charge in [-0.2, -0.15) is 0 Å². The number of carbonyl (C=O) groups excluding carboxylic acids is 2. The molecule has 0 aromatic heterocycles. The van der Waals surface area contributed by atoms with Gasteiger partial charge in [0, 0.05) is 13.1 Å². The molecule has 0 saturated carbocycles. The monoisotopic (exact) mass is 400 g/mol. The topological polar surface area (TPSA) is 67.9 Å². The van der Waals surface area contributed by atoms with Crippen molar-refractivity contribution >= 4 is 29.5 Å². The molecule has 0 bridgehead atoms. The minimum absolute atomic E-state index is 0.160. The van der Waals surface area contributed by atoms with E-state index in [9.17, 15) is 9.59 Å². The Balaban J connectivity index is 1.94. The Morgan fingerprint density at radius 1 is 1.11 bits per heavy atom. The maximum atomic E-state index is 12.9. The van der Waals surface area contributed by atoms with E-state index in [-0.39, 0.29) is 18.4 Å². The number of carbonyl (C=O) groups is 2. The molecule has 0 atom stereocenters. The Hall–Kier alpha value is -2.99. The summed E-state index contributed by atoms with van der Waals surface area (Å²) in [7, 11) is 0. The predicted octanol–water partition coefficient (Wildman–Crippen LogP) is 3.71. The van der Waals surface area contributed by atoms with Crippen LogP contribution in [0.3, 0.4) is 0 Å². The summed E-state index contributed by atoms with van der Waals surface area (Å²) in [6, 6.07) is 12.0. The highest BCUT2D eigenvalue weighted by Gasteiger charge is 2.21. The maximum Gasteiger partial charge on any atom is 0.270 e. The molecule has 2 amide bonds. The highest BCUT2D eigenvalue weighted by molar-refractivity contribution is 6.34. The smallest absolute Gasteiger partial charge is 0.270 e. The van der Waals surface area contributed by atoms with Crippen molar-refractivity contribution in [3.8, 4) is 11.5 Å². The number of fused-ring (bicyclic) bond motifs is 1. The lowest BCUT2D eigenvalue weighted by Gasteiger charge is -2.21. The molecule has 1 heterocycles. The van der Waals surface area contributed by atoms with Crippen LogP contribution in [0.4, 0.5) is 0 Å². The number of hydrogen-bond acceptors (Lipinski definition) is 4. The van der Waals surface area contributed by atoms with Crippen LogP contribution in [0.25, 0.3) is 6.08 Å². The minimum atomic E-state index is -0.446. The van der Waals surface area contributed by atoms with Crippen LogP contribution < -0.4 is 14.8 Å². The van der Waals surface area contributed by atoms with Gasteiger partial charge in [-0.25, -0.2) is 0 Å². The first kappa shape index (κ1) is 19.8. The average molecular weight is 401 g/mol. The van der Waals surface area contributed by atoms with Crippen molar-refractivity contribution in [2.75, 3.05) is 19.9 Å². The number of halogens is 1. The van der Waals surface area contributed by atoms with Gasteiger partial charge in [0.05, 0.1) is 10.6 Å². The summed E-state index contributed by atoms with van der Waals surface area (Å²) in [6.07, 6.45) is 1.62. The van der Waals surface area contributed by atoms with Crippen LogP contribution in [-0.2, 0) is 4.79 Å². The number of nitrogens with zero attached hydrogens (tertiary/aromatic N) is 1. The van der Waals surface area contributed by atoms with Gasteiger partial charge in [0.2, 0.25) is 6.79 Å².